The van der Waals surface area contributed by atoms with Gasteiger partial charge in [-0.3, -0.25) is 0 Å². The fourth-order valence-electron chi connectivity index (χ4n) is 1.48. The van der Waals surface area contributed by atoms with Crippen molar-refractivity contribution in [3.8, 4) is 22.6 Å². The number of aromatic hydroxyl groups is 2. The molecule has 0 bridgehead atoms. The molecule has 0 spiro atoms. The van der Waals surface area contributed by atoms with Crippen LogP contribution in [0.3, 0.4) is 0 Å². The molecule has 0 amide bonds. The highest BCUT2D eigenvalue weighted by Gasteiger charge is 2.12. The van der Waals surface area contributed by atoms with Crippen molar-refractivity contribution in [1.29, 1.82) is 0 Å². The van der Waals surface area contributed by atoms with Gasteiger partial charge in [0.2, 0.25) is 0 Å². The van der Waals surface area contributed by atoms with Crippen molar-refractivity contribution in [3.05, 3.63) is 47.8 Å². The Labute approximate surface area is 94.6 Å². The molecule has 88 valence electrons. The number of hydrogen-bond donors (Lipinski definition) is 2. The first-order valence-corrected chi connectivity index (χ1v) is 4.65. The molecule has 0 saturated heterocycles. The third-order valence-electron chi connectivity index (χ3n) is 2.22. The predicted octanol–water partition coefficient (Wildman–Crippen LogP) is 3.18. The predicted molar refractivity (Wildman–Crippen MR) is 55.1 cm³/mol. The number of benzene rings is 2. The molecular formula is C12H7F3O2. The smallest absolute Gasteiger partial charge is 0.194 e. The monoisotopic (exact) mass is 240 g/mol. The molecule has 0 aliphatic rings. The van der Waals surface area contributed by atoms with E-state index in [4.69, 9.17) is 0 Å². The van der Waals surface area contributed by atoms with E-state index in [-0.39, 0.29) is 22.6 Å². The van der Waals surface area contributed by atoms with Gasteiger partial charge in [-0.05, 0) is 35.4 Å². The second-order valence-corrected chi connectivity index (χ2v) is 3.49. The zero-order valence-corrected chi connectivity index (χ0v) is 8.42. The quantitative estimate of drug-likeness (QED) is 0.751. The molecule has 2 nitrogen and oxygen atoms in total. The standard InChI is InChI=1S/C12H7F3O2/c13-10-3-7(4-11(14)12(10)15)6-1-8(16)5-9(17)2-6/h1-5,16-17H. The van der Waals surface area contributed by atoms with Crippen LogP contribution < -0.4 is 0 Å². The summed E-state index contributed by atoms with van der Waals surface area (Å²) in [5.74, 6) is -4.74. The molecule has 0 aliphatic carbocycles. The molecule has 2 aromatic rings. The van der Waals surface area contributed by atoms with Crippen molar-refractivity contribution in [3.63, 3.8) is 0 Å². The first-order valence-electron chi connectivity index (χ1n) is 4.65. The summed E-state index contributed by atoms with van der Waals surface area (Å²) in [4.78, 5) is 0. The summed E-state index contributed by atoms with van der Waals surface area (Å²) in [5, 5.41) is 18.5. The van der Waals surface area contributed by atoms with E-state index in [1.807, 2.05) is 0 Å². The summed E-state index contributed by atoms with van der Waals surface area (Å²) in [7, 11) is 0. The Morgan fingerprint density at radius 2 is 1.06 bits per heavy atom. The zero-order chi connectivity index (χ0) is 12.6. The minimum atomic E-state index is -1.56. The van der Waals surface area contributed by atoms with Crippen LogP contribution in [0.1, 0.15) is 0 Å². The van der Waals surface area contributed by atoms with Crippen LogP contribution in [-0.4, -0.2) is 10.2 Å². The minimum Gasteiger partial charge on any atom is -0.508 e. The third kappa shape index (κ3) is 2.18. The molecule has 2 rings (SSSR count). The summed E-state index contributed by atoms with van der Waals surface area (Å²) in [6.07, 6.45) is 0. The highest BCUT2D eigenvalue weighted by Crippen LogP contribution is 2.30. The van der Waals surface area contributed by atoms with Crippen LogP contribution in [0.5, 0.6) is 11.5 Å². The Morgan fingerprint density at radius 1 is 0.647 bits per heavy atom. The van der Waals surface area contributed by atoms with Crippen LogP contribution in [-0.2, 0) is 0 Å². The van der Waals surface area contributed by atoms with Gasteiger partial charge in [0.25, 0.3) is 0 Å². The maximum Gasteiger partial charge on any atom is 0.194 e. The first-order chi connectivity index (χ1) is 7.97. The van der Waals surface area contributed by atoms with E-state index < -0.39 is 17.5 Å². The van der Waals surface area contributed by atoms with Crippen molar-refractivity contribution >= 4 is 0 Å². The summed E-state index contributed by atoms with van der Waals surface area (Å²) in [6.45, 7) is 0. The van der Waals surface area contributed by atoms with E-state index >= 15 is 0 Å². The molecule has 2 aromatic carbocycles. The van der Waals surface area contributed by atoms with Gasteiger partial charge < -0.3 is 10.2 Å². The molecule has 0 radical (unpaired) electrons. The molecule has 0 heterocycles. The number of halogens is 3. The first kappa shape index (κ1) is 11.3. The van der Waals surface area contributed by atoms with E-state index in [9.17, 15) is 23.4 Å². The largest absolute Gasteiger partial charge is 0.508 e. The highest BCUT2D eigenvalue weighted by atomic mass is 19.2. The fraction of sp³-hybridized carbons (Fsp3) is 0. The van der Waals surface area contributed by atoms with Gasteiger partial charge in [-0.25, -0.2) is 13.2 Å². The lowest BCUT2D eigenvalue weighted by Crippen LogP contribution is -1.91. The summed E-state index contributed by atoms with van der Waals surface area (Å²) in [6, 6.07) is 5.04. The molecule has 5 heteroatoms. The SMILES string of the molecule is Oc1cc(O)cc(-c2cc(F)c(F)c(F)c2)c1. The second kappa shape index (κ2) is 4.01. The normalized spacial score (nSPS) is 10.5. The molecule has 2 N–H and O–H groups in total. The summed E-state index contributed by atoms with van der Waals surface area (Å²) in [5.41, 5.74) is 0.202. The van der Waals surface area contributed by atoms with Crippen molar-refractivity contribution in [2.24, 2.45) is 0 Å². The summed E-state index contributed by atoms with van der Waals surface area (Å²) < 4.78 is 38.7. The molecule has 0 fully saturated rings. The summed E-state index contributed by atoms with van der Waals surface area (Å²) >= 11 is 0. The van der Waals surface area contributed by atoms with Crippen molar-refractivity contribution < 1.29 is 23.4 Å². The molecular weight excluding hydrogens is 233 g/mol. The Hall–Kier alpha value is -2.17. The molecule has 0 aliphatic heterocycles. The van der Waals surface area contributed by atoms with Crippen LogP contribution in [0.2, 0.25) is 0 Å². The maximum absolute atomic E-state index is 13.0. The lowest BCUT2D eigenvalue weighted by molar-refractivity contribution is 0.446. The fourth-order valence-corrected chi connectivity index (χ4v) is 1.48. The van der Waals surface area contributed by atoms with Crippen molar-refractivity contribution in [2.75, 3.05) is 0 Å². The molecule has 0 unspecified atom stereocenters. The number of hydrogen-bond acceptors (Lipinski definition) is 2. The van der Waals surface area contributed by atoms with Crippen molar-refractivity contribution in [2.45, 2.75) is 0 Å². The topological polar surface area (TPSA) is 40.5 Å². The van der Waals surface area contributed by atoms with Crippen LogP contribution in [0, 0.1) is 17.5 Å². The zero-order valence-electron chi connectivity index (χ0n) is 8.42. The van der Waals surface area contributed by atoms with E-state index in [1.54, 1.807) is 0 Å². The Morgan fingerprint density at radius 3 is 1.53 bits per heavy atom. The average Bonchev–Trinajstić information content (AvgIpc) is 2.23. The number of phenols is 2. The third-order valence-corrected chi connectivity index (χ3v) is 2.22. The Kier molecular flexibility index (Phi) is 2.67. The molecule has 17 heavy (non-hydrogen) atoms. The maximum atomic E-state index is 13.0. The average molecular weight is 240 g/mol. The van der Waals surface area contributed by atoms with Gasteiger partial charge in [0, 0.05) is 6.07 Å². The minimum absolute atomic E-state index is 0.0209. The van der Waals surface area contributed by atoms with Crippen LogP contribution in [0.15, 0.2) is 30.3 Å². The van der Waals surface area contributed by atoms with E-state index in [0.717, 1.165) is 18.2 Å². The molecule has 0 atom stereocenters. The highest BCUT2D eigenvalue weighted by molar-refractivity contribution is 5.67. The molecule has 0 aromatic heterocycles. The second-order valence-electron chi connectivity index (χ2n) is 3.49. The van der Waals surface area contributed by atoms with Gasteiger partial charge in [-0.1, -0.05) is 0 Å². The van der Waals surface area contributed by atoms with Gasteiger partial charge in [0.15, 0.2) is 17.5 Å². The van der Waals surface area contributed by atoms with E-state index in [2.05, 4.69) is 0 Å². The Bertz CT molecular complexity index is 539. The Balaban J connectivity index is 2.60. The van der Waals surface area contributed by atoms with Crippen molar-refractivity contribution in [1.82, 2.24) is 0 Å². The van der Waals surface area contributed by atoms with Gasteiger partial charge in [0.1, 0.15) is 11.5 Å². The van der Waals surface area contributed by atoms with Crippen LogP contribution >= 0.6 is 0 Å². The van der Waals surface area contributed by atoms with Gasteiger partial charge in [0.05, 0.1) is 0 Å². The number of phenolic OH excluding ortho intramolecular Hbond substituents is 2. The lowest BCUT2D eigenvalue weighted by atomic mass is 10.0. The molecule has 0 saturated carbocycles. The van der Waals surface area contributed by atoms with E-state index in [0.29, 0.717) is 0 Å². The van der Waals surface area contributed by atoms with Crippen LogP contribution in [0.4, 0.5) is 13.2 Å². The number of rotatable bonds is 1. The van der Waals surface area contributed by atoms with E-state index in [1.165, 1.54) is 12.1 Å². The lowest BCUT2D eigenvalue weighted by Gasteiger charge is -2.05. The van der Waals surface area contributed by atoms with Crippen LogP contribution in [0.25, 0.3) is 11.1 Å². The van der Waals surface area contributed by atoms with Gasteiger partial charge in [-0.2, -0.15) is 0 Å². The van der Waals surface area contributed by atoms with Gasteiger partial charge in [-0.15, -0.1) is 0 Å². The van der Waals surface area contributed by atoms with Gasteiger partial charge >= 0.3 is 0 Å².